The summed E-state index contributed by atoms with van der Waals surface area (Å²) in [5, 5.41) is 91.1. The van der Waals surface area contributed by atoms with E-state index in [1.165, 1.54) is 0 Å². The molecular formula is C81H114N16O24. The summed E-state index contributed by atoms with van der Waals surface area (Å²) in [7, 11) is 1.55. The number of methoxy groups -OCH3 is 1. The lowest BCUT2D eigenvalue weighted by Crippen LogP contribution is -2.51. The molecule has 6 rings (SSSR count). The molecule has 662 valence electrons. The summed E-state index contributed by atoms with van der Waals surface area (Å²) in [6.45, 7) is -2.05. The third-order valence-electron chi connectivity index (χ3n) is 20.5. The molecule has 1 saturated carbocycles. The van der Waals surface area contributed by atoms with Crippen LogP contribution in [-0.2, 0) is 89.6 Å². The van der Waals surface area contributed by atoms with E-state index in [0.717, 1.165) is 32.7 Å². The van der Waals surface area contributed by atoms with Crippen LogP contribution in [0.15, 0.2) is 78.9 Å². The summed E-state index contributed by atoms with van der Waals surface area (Å²) in [6.07, 6.45) is 3.40. The van der Waals surface area contributed by atoms with Gasteiger partial charge in [0, 0.05) is 97.2 Å². The molecule has 4 atom stereocenters. The molecule has 18 N–H and O–H groups in total. The van der Waals surface area contributed by atoms with Crippen LogP contribution < -0.4 is 68.5 Å². The molecule has 40 heteroatoms. The van der Waals surface area contributed by atoms with Crippen molar-refractivity contribution in [3.05, 3.63) is 90.0 Å². The number of aryl methyl sites for hydroxylation is 1. The standard InChI is InChI=1S/C81H114N16O24/c1-121-57-28-24-52(25-29-57)12-10-20-65(98)85-47-70(103)90-61(17-6-8-30-82-71(104)48-94-32-34-95(49-73(107)108)36-38-97(51-75(111)112)39-37-96(35-33-94)50-74(109)110)77(114)89-46-69(102)88-45-68(101)87-44-67(100)86-43-66(99)84-42-53-22-26-54(27-23-53)76(113)91-64(41-60-58-15-4-2-13-55(58)40-56-14-3-5-16-59(56)60)78(115)83-31-9-7-18-62(79(116)117)92-81(120)93-63(80(118)119)19-11-21-72(105)106/h2-5,13-16,24-25,28-29,40,53-54,61-64H,6-12,17-23,26-27,30-39,41-51H2,1H3,(H,82,104)(H,83,115)(H,84,99)(H,85,98)(H,86,100)(H,87,101)(H,88,102)(H,89,114)(H,90,103)(H,91,113)(H,105,106)(H,107,108)(H,109,110)(H,111,112)(H,116,117)(H,118,119)(H2,92,93,120)/t53?,54?,61-,62-,63-,64-/m0/s1. The first-order valence-electron chi connectivity index (χ1n) is 40.5. The quantitative estimate of drug-likeness (QED) is 0.0178. The Morgan fingerprint density at radius 3 is 1.32 bits per heavy atom. The largest absolute Gasteiger partial charge is 0.497 e. The number of fused-ring (bicyclic) bond motifs is 2. The number of urea groups is 1. The van der Waals surface area contributed by atoms with Crippen molar-refractivity contribution in [1.82, 2.24) is 83.4 Å². The first-order valence-corrected chi connectivity index (χ1v) is 40.5. The zero-order valence-electron chi connectivity index (χ0n) is 68.0. The third-order valence-corrected chi connectivity index (χ3v) is 20.5. The van der Waals surface area contributed by atoms with Gasteiger partial charge in [0.1, 0.15) is 29.9 Å². The van der Waals surface area contributed by atoms with Gasteiger partial charge in [-0.1, -0.05) is 60.7 Å². The fraction of sp³-hybridized carbons (Fsp3) is 0.543. The summed E-state index contributed by atoms with van der Waals surface area (Å²) in [4.78, 5) is 222. The molecule has 1 aliphatic carbocycles. The third kappa shape index (κ3) is 38.2. The second-order valence-electron chi connectivity index (χ2n) is 29.8. The van der Waals surface area contributed by atoms with Gasteiger partial charge in [-0.3, -0.25) is 86.7 Å². The van der Waals surface area contributed by atoms with Gasteiger partial charge in [-0.15, -0.1) is 0 Å². The Labute approximate surface area is 698 Å². The van der Waals surface area contributed by atoms with Gasteiger partial charge in [0.25, 0.3) is 0 Å². The molecule has 1 saturated heterocycles. The van der Waals surface area contributed by atoms with E-state index in [-0.39, 0.29) is 181 Å². The molecule has 2 aliphatic rings. The van der Waals surface area contributed by atoms with Crippen molar-refractivity contribution in [3.8, 4) is 5.75 Å². The summed E-state index contributed by atoms with van der Waals surface area (Å²) < 4.78 is 5.19. The number of rotatable bonds is 50. The van der Waals surface area contributed by atoms with E-state index in [1.807, 2.05) is 66.7 Å². The Morgan fingerprint density at radius 2 is 0.835 bits per heavy atom. The molecular weight excluding hydrogens is 1580 g/mol. The minimum absolute atomic E-state index is 0.00994. The number of hydrogen-bond acceptors (Lipinski definition) is 22. The highest BCUT2D eigenvalue weighted by Crippen LogP contribution is 2.32. The monoisotopic (exact) mass is 1690 g/mol. The minimum atomic E-state index is -1.46. The van der Waals surface area contributed by atoms with E-state index in [0.29, 0.717) is 44.3 Å². The Bertz CT molecular complexity index is 4120. The highest BCUT2D eigenvalue weighted by molar-refractivity contribution is 6.03. The molecule has 0 bridgehead atoms. The maximum absolute atomic E-state index is 14.2. The van der Waals surface area contributed by atoms with Crippen molar-refractivity contribution >= 4 is 122 Å². The zero-order valence-corrected chi connectivity index (χ0v) is 68.0. The van der Waals surface area contributed by atoms with Crippen LogP contribution in [-0.4, -0.2) is 313 Å². The highest BCUT2D eigenvalue weighted by atomic mass is 16.5. The normalized spacial score (nSPS) is 15.9. The number of ether oxygens (including phenoxy) is 1. The molecule has 2 fully saturated rings. The molecule has 1 aliphatic heterocycles. The van der Waals surface area contributed by atoms with Crippen LogP contribution in [0.4, 0.5) is 4.79 Å². The number of nitrogens with zero attached hydrogens (tertiary/aromatic N) is 4. The van der Waals surface area contributed by atoms with E-state index < -0.39 is 158 Å². The number of amides is 12. The number of carbonyl (C=O) groups excluding carboxylic acids is 11. The predicted molar refractivity (Wildman–Crippen MR) is 437 cm³/mol. The van der Waals surface area contributed by atoms with Crippen LogP contribution in [0, 0.1) is 11.8 Å². The molecule has 0 aromatic heterocycles. The average Bonchev–Trinajstić information content (AvgIpc) is 0.771. The summed E-state index contributed by atoms with van der Waals surface area (Å²) in [5.41, 5.74) is 1.79. The average molecular weight is 1700 g/mol. The molecule has 12 amide bonds. The maximum Gasteiger partial charge on any atom is 0.326 e. The lowest BCUT2D eigenvalue weighted by Gasteiger charge is -2.32. The molecule has 0 unspecified atom stereocenters. The van der Waals surface area contributed by atoms with Crippen molar-refractivity contribution in [1.29, 1.82) is 0 Å². The van der Waals surface area contributed by atoms with E-state index in [9.17, 15) is 107 Å². The predicted octanol–water partition coefficient (Wildman–Crippen LogP) is -1.45. The van der Waals surface area contributed by atoms with Gasteiger partial charge in [-0.2, -0.15) is 0 Å². The van der Waals surface area contributed by atoms with Gasteiger partial charge in [-0.05, 0) is 147 Å². The van der Waals surface area contributed by atoms with E-state index in [2.05, 4.69) is 63.8 Å². The van der Waals surface area contributed by atoms with Crippen LogP contribution in [0.25, 0.3) is 21.5 Å². The Morgan fingerprint density at radius 1 is 0.397 bits per heavy atom. The molecule has 4 aromatic rings. The first-order chi connectivity index (χ1) is 57.9. The maximum atomic E-state index is 14.2. The summed E-state index contributed by atoms with van der Waals surface area (Å²) in [6, 6.07) is 18.4. The number of hydrogen-bond donors (Lipinski definition) is 18. The smallest absolute Gasteiger partial charge is 0.326 e. The van der Waals surface area contributed by atoms with Crippen LogP contribution in [0.1, 0.15) is 107 Å². The second-order valence-corrected chi connectivity index (χ2v) is 29.8. The van der Waals surface area contributed by atoms with Gasteiger partial charge in [-0.25, -0.2) is 14.4 Å². The molecule has 0 spiro atoms. The number of aliphatic carboxylic acids is 6. The lowest BCUT2D eigenvalue weighted by atomic mass is 9.81. The Balaban J connectivity index is 0.925. The first kappa shape index (κ1) is 97.7. The topological polar surface area (TPSA) is 578 Å². The number of carbonyl (C=O) groups is 17. The number of benzene rings is 4. The fourth-order valence-electron chi connectivity index (χ4n) is 13.9. The molecule has 121 heavy (non-hydrogen) atoms. The summed E-state index contributed by atoms with van der Waals surface area (Å²) in [5.74, 6) is -13.3. The number of carboxylic acids is 6. The van der Waals surface area contributed by atoms with Crippen LogP contribution in [0.2, 0.25) is 0 Å². The van der Waals surface area contributed by atoms with Gasteiger partial charge in [0.15, 0.2) is 0 Å². The van der Waals surface area contributed by atoms with Crippen molar-refractivity contribution in [2.75, 3.05) is 138 Å². The van der Waals surface area contributed by atoms with Gasteiger partial charge < -0.3 is 99.2 Å². The molecule has 1 heterocycles. The molecule has 4 aromatic carbocycles. The second kappa shape index (κ2) is 52.7. The SMILES string of the molecule is COc1ccc(CCCC(=O)NCC(=O)N[C@@H](CCCCNC(=O)CN2CCN(CC(=O)O)CCN(CC(=O)O)CCN(CC(=O)O)CC2)C(=O)NCC(=O)NCC(=O)NCC(=O)NCC(=O)NCC2CCC(C(=O)N[C@@H](Cc3c4ccccc4cc4ccccc34)C(=O)NCCCC[C@H](NC(=O)N[C@@H](CCCC(=O)O)C(=O)O)C(=O)O)CC2)cc1. The van der Waals surface area contributed by atoms with Gasteiger partial charge in [0.05, 0.1) is 66.0 Å². The van der Waals surface area contributed by atoms with Crippen molar-refractivity contribution in [2.24, 2.45) is 11.8 Å². The molecule has 0 radical (unpaired) electrons. The fourth-order valence-corrected chi connectivity index (χ4v) is 13.9. The zero-order chi connectivity index (χ0) is 88.2. The van der Waals surface area contributed by atoms with Crippen LogP contribution >= 0.6 is 0 Å². The lowest BCUT2D eigenvalue weighted by molar-refractivity contribution is -0.141. The van der Waals surface area contributed by atoms with Gasteiger partial charge in [0.2, 0.25) is 59.1 Å². The van der Waals surface area contributed by atoms with Crippen molar-refractivity contribution in [2.45, 2.75) is 133 Å². The number of nitrogens with one attached hydrogen (secondary N) is 12. The van der Waals surface area contributed by atoms with E-state index in [1.54, 1.807) is 38.8 Å². The van der Waals surface area contributed by atoms with Crippen LogP contribution in [0.3, 0.4) is 0 Å². The van der Waals surface area contributed by atoms with Crippen molar-refractivity contribution < 1.29 is 117 Å². The Hall–Kier alpha value is -12.2. The minimum Gasteiger partial charge on any atom is -0.497 e. The summed E-state index contributed by atoms with van der Waals surface area (Å²) >= 11 is 0. The Kier molecular flexibility index (Phi) is 42.5. The number of carboxylic acid groups (broad SMARTS) is 6. The number of unbranched alkanes of at least 4 members (excludes halogenated alkanes) is 2. The highest BCUT2D eigenvalue weighted by Gasteiger charge is 2.33. The van der Waals surface area contributed by atoms with Crippen molar-refractivity contribution in [3.63, 3.8) is 0 Å². The van der Waals surface area contributed by atoms with Gasteiger partial charge >= 0.3 is 41.8 Å². The van der Waals surface area contributed by atoms with E-state index in [4.69, 9.17) is 9.84 Å². The molecule has 40 nitrogen and oxygen atoms in total. The van der Waals surface area contributed by atoms with E-state index >= 15 is 0 Å². The van der Waals surface area contributed by atoms with Crippen LogP contribution in [0.5, 0.6) is 5.75 Å².